The van der Waals surface area contributed by atoms with Gasteiger partial charge in [0.25, 0.3) is 5.91 Å². The largest absolute Gasteiger partial charge is 1.00 e. The average Bonchev–Trinajstić information content (AvgIpc) is 2.76. The second-order valence-corrected chi connectivity index (χ2v) is 7.20. The first-order chi connectivity index (χ1) is 15.6. The monoisotopic (exact) mass is 502 g/mol. The minimum atomic E-state index is -1.30. The third-order valence-electron chi connectivity index (χ3n) is 4.72. The minimum Gasteiger partial charge on any atom is -1.00 e. The van der Waals surface area contributed by atoms with Gasteiger partial charge in [0, 0.05) is 24.7 Å². The van der Waals surface area contributed by atoms with Crippen LogP contribution in [0.3, 0.4) is 0 Å². The zero-order chi connectivity index (χ0) is 24.1. The van der Waals surface area contributed by atoms with E-state index in [-0.39, 0.29) is 92.1 Å². The molecule has 0 aliphatic carbocycles. The van der Waals surface area contributed by atoms with Crippen LogP contribution < -0.4 is 80.8 Å². The summed E-state index contributed by atoms with van der Waals surface area (Å²) < 4.78 is 0. The summed E-state index contributed by atoms with van der Waals surface area (Å²) in [6.07, 6.45) is 0.964. The molecular weight excluding hydrogens is 478 g/mol. The summed E-state index contributed by atoms with van der Waals surface area (Å²) in [6, 6.07) is 5.16. The van der Waals surface area contributed by atoms with E-state index >= 15 is 0 Å². The molecule has 2 heterocycles. The maximum absolute atomic E-state index is 12.4. The van der Waals surface area contributed by atoms with Crippen molar-refractivity contribution in [2.75, 3.05) is 23.4 Å². The molecule has 1 amide bonds. The van der Waals surface area contributed by atoms with Crippen LogP contribution in [0.2, 0.25) is 0 Å². The van der Waals surface area contributed by atoms with Crippen molar-refractivity contribution >= 4 is 46.5 Å². The Hall–Kier alpha value is -2.55. The smallest absolute Gasteiger partial charge is 1.00 e. The van der Waals surface area contributed by atoms with Crippen molar-refractivity contribution in [3.63, 3.8) is 0 Å². The Morgan fingerprint density at radius 2 is 1.74 bits per heavy atom. The topological polar surface area (TPSA) is 211 Å². The molecule has 1 aromatic carbocycles. The predicted octanol–water partition coefficient (Wildman–Crippen LogP) is -5.50. The molecule has 2 aromatic heterocycles. The van der Waals surface area contributed by atoms with Gasteiger partial charge < -0.3 is 34.8 Å². The normalized spacial score (nSPS) is 11.0. The average molecular weight is 502 g/mol. The zero-order valence-electron chi connectivity index (χ0n) is 21.6. The van der Waals surface area contributed by atoms with E-state index in [0.29, 0.717) is 23.4 Å². The zero-order valence-corrected chi connectivity index (χ0v) is 23.6. The number of rotatable bonds is 9. The maximum Gasteiger partial charge on any atom is 1.00 e. The summed E-state index contributed by atoms with van der Waals surface area (Å²) in [4.78, 5) is 52.7. The van der Waals surface area contributed by atoms with Gasteiger partial charge in [0.1, 0.15) is 6.04 Å². The van der Waals surface area contributed by atoms with Gasteiger partial charge in [-0.05, 0) is 30.7 Å². The Morgan fingerprint density at radius 3 is 2.34 bits per heavy atom. The van der Waals surface area contributed by atoms with E-state index in [4.69, 9.17) is 16.6 Å². The van der Waals surface area contributed by atoms with Crippen LogP contribution in [0.4, 0.5) is 17.5 Å². The fourth-order valence-corrected chi connectivity index (χ4v) is 3.03. The van der Waals surface area contributed by atoms with Crippen molar-refractivity contribution in [2.24, 2.45) is 0 Å². The number of nitrogen functional groups attached to an aromatic ring is 2. The number of hydrogen-bond acceptors (Lipinski definition) is 10. The number of nitrogens with zero attached hydrogens (tertiary/aromatic N) is 5. The third kappa shape index (κ3) is 8.26. The standard InChI is InChI=1S/C20H22N8O5.2Na.2H/c1-28(9-11-8-23-17-15(24-11)16(21)26-20(22)27-17)12-4-2-10(3-5-12)18(31)25-13(19(32)33)6-7-14(29)30;;;;/h2-5,8,13H,6-7,9H2,1H3,(H,25,31)(H,29,30)(H,32,33)(H4,21,22,23,26,27);;;;/q;2*+1;2*-1/t13-;;;;/m0..../s1. The number of benzene rings is 1. The van der Waals surface area contributed by atoms with Crippen molar-refractivity contribution in [1.82, 2.24) is 25.3 Å². The Morgan fingerprint density at radius 1 is 1.09 bits per heavy atom. The van der Waals surface area contributed by atoms with Crippen LogP contribution in [0.15, 0.2) is 30.5 Å². The first-order valence-corrected chi connectivity index (χ1v) is 9.75. The number of anilines is 3. The molecule has 176 valence electrons. The fraction of sp³-hybridized carbons (Fsp3) is 0.250. The number of aliphatic carboxylic acids is 2. The number of nitrogens with two attached hydrogens (primary N) is 2. The van der Waals surface area contributed by atoms with Gasteiger partial charge in [-0.3, -0.25) is 9.59 Å². The first-order valence-electron chi connectivity index (χ1n) is 9.75. The van der Waals surface area contributed by atoms with Gasteiger partial charge in [0.05, 0.1) is 18.4 Å². The molecule has 0 spiro atoms. The molecular formula is C20H24N8Na2O5. The number of carbonyl (C=O) groups excluding carboxylic acids is 1. The molecule has 0 radical (unpaired) electrons. The molecule has 35 heavy (non-hydrogen) atoms. The van der Waals surface area contributed by atoms with Crippen LogP contribution in [0.5, 0.6) is 0 Å². The molecule has 3 aromatic rings. The molecule has 0 aliphatic rings. The second kappa shape index (κ2) is 13.5. The number of nitrogens with one attached hydrogen (secondary N) is 1. The van der Waals surface area contributed by atoms with Crippen molar-refractivity contribution in [1.29, 1.82) is 0 Å². The number of carboxylic acid groups (broad SMARTS) is 2. The minimum absolute atomic E-state index is 0. The number of fused-ring (bicyclic) bond motifs is 1. The van der Waals surface area contributed by atoms with E-state index in [9.17, 15) is 19.5 Å². The van der Waals surface area contributed by atoms with Gasteiger partial charge in [0.15, 0.2) is 17.0 Å². The van der Waals surface area contributed by atoms with Crippen LogP contribution in [0, 0.1) is 0 Å². The van der Waals surface area contributed by atoms with Gasteiger partial charge in [-0.1, -0.05) is 0 Å². The number of carboxylic acids is 2. The van der Waals surface area contributed by atoms with Gasteiger partial charge in [-0.15, -0.1) is 0 Å². The van der Waals surface area contributed by atoms with E-state index in [2.05, 4.69) is 25.3 Å². The van der Waals surface area contributed by atoms with Gasteiger partial charge in [-0.25, -0.2) is 14.8 Å². The molecule has 0 bridgehead atoms. The third-order valence-corrected chi connectivity index (χ3v) is 4.72. The molecule has 7 N–H and O–H groups in total. The van der Waals surface area contributed by atoms with Crippen LogP contribution in [0.25, 0.3) is 11.2 Å². The summed E-state index contributed by atoms with van der Waals surface area (Å²) in [6.45, 7) is 0.370. The Balaban J connectivity index is 0. The van der Waals surface area contributed by atoms with Crippen LogP contribution in [0.1, 0.15) is 31.7 Å². The molecule has 0 fully saturated rings. The molecule has 1 atom stereocenters. The summed E-state index contributed by atoms with van der Waals surface area (Å²) in [5.41, 5.74) is 13.7. The van der Waals surface area contributed by atoms with E-state index in [1.165, 1.54) is 12.1 Å². The van der Waals surface area contributed by atoms with E-state index in [1.807, 2.05) is 11.9 Å². The SMILES string of the molecule is CN(Cc1cnc2nc(N)nc(N)c2n1)c1ccc(C(=O)N[C@@H](CCC(=O)O)C(=O)O)cc1.[H-].[H-].[Na+].[Na+]. The van der Waals surface area contributed by atoms with Crippen molar-refractivity contribution in [2.45, 2.75) is 25.4 Å². The summed E-state index contributed by atoms with van der Waals surface area (Å²) >= 11 is 0. The van der Waals surface area contributed by atoms with Crippen molar-refractivity contribution < 1.29 is 86.6 Å². The Bertz CT molecular complexity index is 1220. The molecule has 0 saturated heterocycles. The van der Waals surface area contributed by atoms with Crippen LogP contribution in [-0.4, -0.2) is 61.1 Å². The van der Waals surface area contributed by atoms with E-state index in [0.717, 1.165) is 5.69 Å². The van der Waals surface area contributed by atoms with Gasteiger partial charge in [-0.2, -0.15) is 9.97 Å². The number of aromatic nitrogens is 4. The molecule has 0 saturated carbocycles. The Kier molecular flexibility index (Phi) is 11.8. The van der Waals surface area contributed by atoms with Crippen LogP contribution >= 0.6 is 0 Å². The van der Waals surface area contributed by atoms with Crippen LogP contribution in [-0.2, 0) is 16.1 Å². The molecule has 13 nitrogen and oxygen atoms in total. The summed E-state index contributed by atoms with van der Waals surface area (Å²) in [7, 11) is 1.82. The summed E-state index contributed by atoms with van der Waals surface area (Å²) in [5, 5.41) is 20.2. The number of hydrogen-bond donors (Lipinski definition) is 5. The second-order valence-electron chi connectivity index (χ2n) is 7.20. The molecule has 3 rings (SSSR count). The van der Waals surface area contributed by atoms with Gasteiger partial charge in [0.2, 0.25) is 5.95 Å². The van der Waals surface area contributed by atoms with E-state index in [1.54, 1.807) is 18.3 Å². The van der Waals surface area contributed by atoms with Gasteiger partial charge >= 0.3 is 71.1 Å². The molecule has 0 aliphatic heterocycles. The van der Waals surface area contributed by atoms with Crippen molar-refractivity contribution in [3.05, 3.63) is 41.7 Å². The number of carbonyl (C=O) groups is 3. The first kappa shape index (κ1) is 30.5. The molecule has 15 heteroatoms. The predicted molar refractivity (Wildman–Crippen MR) is 120 cm³/mol. The number of amides is 1. The summed E-state index contributed by atoms with van der Waals surface area (Å²) in [5.74, 6) is -2.91. The Labute approximate surface area is 247 Å². The maximum atomic E-state index is 12.4. The quantitative estimate of drug-likeness (QED) is 0.174. The fourth-order valence-electron chi connectivity index (χ4n) is 3.03. The molecule has 0 unspecified atom stereocenters. The van der Waals surface area contributed by atoms with E-state index < -0.39 is 23.9 Å². The van der Waals surface area contributed by atoms with Crippen molar-refractivity contribution in [3.8, 4) is 0 Å².